The molecule has 61 heavy (non-hydrogen) atoms. The van der Waals surface area contributed by atoms with Gasteiger partial charge >= 0.3 is 0 Å². The number of allylic oxidation sites excluding steroid dienone is 2. The number of hydrazine groups is 1. The van der Waals surface area contributed by atoms with E-state index in [1.165, 1.54) is 43.5 Å². The number of benzene rings is 5. The summed E-state index contributed by atoms with van der Waals surface area (Å²) in [4.78, 5) is 71.7. The van der Waals surface area contributed by atoms with Gasteiger partial charge in [0.2, 0.25) is 11.8 Å². The second-order valence-corrected chi connectivity index (χ2v) is 16.3. The molecule has 9 rings (SSSR count). The van der Waals surface area contributed by atoms with Gasteiger partial charge in [-0.25, -0.2) is 4.90 Å². The number of nitro benzene ring substituents is 1. The number of halogens is 2. The summed E-state index contributed by atoms with van der Waals surface area (Å²) in [6, 6.07) is 31.0. The number of methoxy groups -OCH3 is 1. The molecule has 5 aromatic carbocycles. The van der Waals surface area contributed by atoms with E-state index in [0.29, 0.717) is 33.2 Å². The highest BCUT2D eigenvalue weighted by atomic mass is 35.5. The number of nitrogens with one attached hydrogen (secondary N) is 1. The van der Waals surface area contributed by atoms with E-state index in [1.54, 1.807) is 48.5 Å². The lowest BCUT2D eigenvalue weighted by atomic mass is 9.49. The van der Waals surface area contributed by atoms with Crippen molar-refractivity contribution in [1.82, 2.24) is 5.01 Å². The van der Waals surface area contributed by atoms with Crippen molar-refractivity contribution < 1.29 is 38.7 Å². The molecule has 1 saturated carbocycles. The zero-order valence-corrected chi connectivity index (χ0v) is 33.9. The molecule has 2 N–H and O–H groups in total. The summed E-state index contributed by atoms with van der Waals surface area (Å²) in [5.41, 5.74) is 3.48. The third-order valence-electron chi connectivity index (χ3n) is 12.4. The molecule has 0 unspecified atom stereocenters. The largest absolute Gasteiger partial charge is 0.508 e. The molecule has 0 spiro atoms. The Hall–Kier alpha value is -6.70. The van der Waals surface area contributed by atoms with Crippen LogP contribution in [0, 0.1) is 33.8 Å². The smallest absolute Gasteiger partial charge is 0.271 e. The quantitative estimate of drug-likeness (QED) is 0.0602. The normalized spacial score (nSPS) is 24.2. The van der Waals surface area contributed by atoms with Gasteiger partial charge in [-0.3, -0.25) is 34.7 Å². The summed E-state index contributed by atoms with van der Waals surface area (Å²) in [5, 5.41) is 25.2. The Morgan fingerprint density at radius 1 is 0.852 bits per heavy atom. The van der Waals surface area contributed by atoms with E-state index in [2.05, 4.69) is 5.43 Å². The number of anilines is 2. The number of amides is 4. The van der Waals surface area contributed by atoms with Crippen LogP contribution in [0.4, 0.5) is 17.1 Å². The van der Waals surface area contributed by atoms with Crippen molar-refractivity contribution in [2.24, 2.45) is 23.7 Å². The van der Waals surface area contributed by atoms with Crippen LogP contribution in [-0.2, 0) is 31.2 Å². The maximum atomic E-state index is 15.6. The van der Waals surface area contributed by atoms with Crippen molar-refractivity contribution in [3.63, 3.8) is 0 Å². The summed E-state index contributed by atoms with van der Waals surface area (Å²) in [6.45, 7) is 0.218. The van der Waals surface area contributed by atoms with Crippen LogP contribution in [-0.4, -0.2) is 45.8 Å². The lowest BCUT2D eigenvalue weighted by Gasteiger charge is -2.50. The zero-order valence-electron chi connectivity index (χ0n) is 32.4. The number of ether oxygens (including phenoxy) is 2. The molecule has 5 aromatic rings. The van der Waals surface area contributed by atoms with Gasteiger partial charge < -0.3 is 14.6 Å². The molecular weight excluding hydrogens is 823 g/mol. The molecule has 13 nitrogen and oxygen atoms in total. The summed E-state index contributed by atoms with van der Waals surface area (Å²) in [6.07, 6.45) is 1.91. The van der Waals surface area contributed by atoms with Crippen LogP contribution in [0.15, 0.2) is 127 Å². The number of non-ortho nitro benzene ring substituents is 1. The van der Waals surface area contributed by atoms with Crippen LogP contribution < -0.4 is 19.8 Å². The maximum absolute atomic E-state index is 15.6. The fourth-order valence-electron chi connectivity index (χ4n) is 9.79. The molecule has 4 amide bonds. The number of nitrogens with zero attached hydrogens (tertiary/aromatic N) is 3. The van der Waals surface area contributed by atoms with Gasteiger partial charge in [-0.2, -0.15) is 5.01 Å². The van der Waals surface area contributed by atoms with Gasteiger partial charge in [0.1, 0.15) is 23.9 Å². The Labute approximate surface area is 359 Å². The molecule has 2 saturated heterocycles. The van der Waals surface area contributed by atoms with E-state index in [4.69, 9.17) is 32.7 Å². The van der Waals surface area contributed by atoms with Crippen molar-refractivity contribution in [1.29, 1.82) is 0 Å². The van der Waals surface area contributed by atoms with E-state index in [9.17, 15) is 24.8 Å². The number of fused-ring (bicyclic) bond motifs is 4. The van der Waals surface area contributed by atoms with Gasteiger partial charge in [-0.05, 0) is 72.4 Å². The Morgan fingerprint density at radius 2 is 1.61 bits per heavy atom. The summed E-state index contributed by atoms with van der Waals surface area (Å²) < 4.78 is 11.5. The minimum Gasteiger partial charge on any atom is -0.508 e. The van der Waals surface area contributed by atoms with Gasteiger partial charge in [0.25, 0.3) is 17.5 Å². The number of rotatable bonds is 10. The van der Waals surface area contributed by atoms with Crippen LogP contribution in [0.1, 0.15) is 35.4 Å². The molecule has 4 aliphatic rings. The highest BCUT2D eigenvalue weighted by Gasteiger charge is 2.70. The third-order valence-corrected chi connectivity index (χ3v) is 13.0. The monoisotopic (exact) mass is 858 g/mol. The highest BCUT2D eigenvalue weighted by molar-refractivity contribution is 6.36. The molecule has 2 heterocycles. The highest BCUT2D eigenvalue weighted by Crippen LogP contribution is 2.65. The van der Waals surface area contributed by atoms with Crippen molar-refractivity contribution in [2.75, 3.05) is 17.4 Å². The fraction of sp³-hybridized carbons (Fsp3) is 0.217. The molecule has 2 aliphatic heterocycles. The molecule has 0 radical (unpaired) electrons. The minimum atomic E-state index is -1.72. The zero-order chi connectivity index (χ0) is 42.7. The van der Waals surface area contributed by atoms with Gasteiger partial charge in [0.05, 0.1) is 51.6 Å². The number of phenols is 1. The first-order chi connectivity index (χ1) is 29.4. The number of aromatic hydroxyl groups is 1. The van der Waals surface area contributed by atoms with Gasteiger partial charge in [0.15, 0.2) is 0 Å². The number of nitro groups is 1. The topological polar surface area (TPSA) is 169 Å². The van der Waals surface area contributed by atoms with Gasteiger partial charge in [0, 0.05) is 34.7 Å². The summed E-state index contributed by atoms with van der Waals surface area (Å²) in [7, 11) is 1.51. The third kappa shape index (κ3) is 6.46. The molecule has 0 aromatic heterocycles. The average molecular weight is 860 g/mol. The number of carbonyl (C=O) groups excluding carboxylic acids is 4. The van der Waals surface area contributed by atoms with E-state index in [-0.39, 0.29) is 47.3 Å². The lowest BCUT2D eigenvalue weighted by molar-refractivity contribution is -0.384. The Balaban J connectivity index is 1.21. The molecule has 2 aliphatic carbocycles. The molecular formula is C46H36Cl2N4O9. The molecule has 3 fully saturated rings. The SMILES string of the molecule is COc1ccc([C@@]23C(=O)N(Nc4ccc(Cl)cc4Cl)C(=O)[C@@H]2C[C@@H]2C(=CC[C@@H]4C(=O)N(c5cccc([N+](=O)[O-])c5)C(=O)[C@@H]42)[C@@H]3c2ccc(OCc3ccccc3)cc2O)cc1. The van der Waals surface area contributed by atoms with E-state index >= 15 is 9.59 Å². The van der Waals surface area contributed by atoms with E-state index in [0.717, 1.165) is 15.5 Å². The Morgan fingerprint density at radius 3 is 2.31 bits per heavy atom. The standard InChI is InChI=1S/C46H36Cl2N4O9/c1-60-30-13-10-26(11-14-30)46-36(43(55)51(45(46)57)49-38-19-12-27(47)20-37(38)48)23-35-32(41(46)33-16-15-31(22-39(33)53)61-24-25-6-3-2-4-7-25)17-18-34-40(35)44(56)50(42(34)54)28-8-5-9-29(21-28)52(58)59/h2-17,19-22,34-36,40-41,49,53H,18,23-24H2,1H3/t34-,35+,36-,40-,41+,46+/m0/s1. The number of imide groups is 2. The lowest BCUT2D eigenvalue weighted by Crippen LogP contribution is -2.53. The first-order valence-electron chi connectivity index (χ1n) is 19.5. The first-order valence-corrected chi connectivity index (χ1v) is 20.2. The van der Waals surface area contributed by atoms with E-state index in [1.807, 2.05) is 36.4 Å². The average Bonchev–Trinajstić information content (AvgIpc) is 3.64. The maximum Gasteiger partial charge on any atom is 0.271 e. The predicted octanol–water partition coefficient (Wildman–Crippen LogP) is 8.38. The van der Waals surface area contributed by atoms with Crippen LogP contribution >= 0.6 is 23.2 Å². The summed E-state index contributed by atoms with van der Waals surface area (Å²) in [5.74, 6) is -6.55. The van der Waals surface area contributed by atoms with Crippen molar-refractivity contribution >= 4 is 63.9 Å². The van der Waals surface area contributed by atoms with Crippen molar-refractivity contribution in [2.45, 2.75) is 30.8 Å². The number of hydrogen-bond acceptors (Lipinski definition) is 10. The minimum absolute atomic E-state index is 0.0343. The predicted molar refractivity (Wildman–Crippen MR) is 225 cm³/mol. The van der Waals surface area contributed by atoms with Crippen molar-refractivity contribution in [3.8, 4) is 17.2 Å². The first kappa shape index (κ1) is 39.7. The Kier molecular flexibility index (Phi) is 10.0. The van der Waals surface area contributed by atoms with Gasteiger partial charge in [-0.1, -0.05) is 89.4 Å². The molecule has 6 atom stereocenters. The van der Waals surface area contributed by atoms with Crippen LogP contribution in [0.25, 0.3) is 0 Å². The van der Waals surface area contributed by atoms with Crippen molar-refractivity contribution in [3.05, 3.63) is 164 Å². The molecule has 308 valence electrons. The number of phenolic OH excluding ortho intramolecular Hbond substituents is 1. The number of carbonyl (C=O) groups is 4. The Bertz CT molecular complexity index is 2680. The molecule has 0 bridgehead atoms. The van der Waals surface area contributed by atoms with Crippen LogP contribution in [0.3, 0.4) is 0 Å². The molecule has 15 heteroatoms. The number of hydrogen-bond donors (Lipinski definition) is 2. The second kappa shape index (κ2) is 15.4. The summed E-state index contributed by atoms with van der Waals surface area (Å²) >= 11 is 12.8. The van der Waals surface area contributed by atoms with E-state index < -0.39 is 63.6 Å². The second-order valence-electron chi connectivity index (χ2n) is 15.5. The van der Waals surface area contributed by atoms with Crippen LogP contribution in [0.2, 0.25) is 10.0 Å². The van der Waals surface area contributed by atoms with Crippen LogP contribution in [0.5, 0.6) is 17.2 Å². The van der Waals surface area contributed by atoms with Gasteiger partial charge in [-0.15, -0.1) is 0 Å². The fourth-order valence-corrected chi connectivity index (χ4v) is 10.2.